The molecule has 0 bridgehead atoms. The average molecular weight is 370 g/mol. The van der Waals surface area contributed by atoms with Crippen molar-refractivity contribution in [1.29, 1.82) is 0 Å². The van der Waals surface area contributed by atoms with Crippen molar-refractivity contribution >= 4 is 17.5 Å². The van der Waals surface area contributed by atoms with Crippen LogP contribution in [-0.2, 0) is 4.79 Å². The van der Waals surface area contributed by atoms with Crippen molar-refractivity contribution in [1.82, 2.24) is 15.1 Å². The maximum absolute atomic E-state index is 13.1. The normalized spacial score (nSPS) is 27.1. The minimum absolute atomic E-state index is 0.0229. The molecule has 1 aromatic rings. The number of hydrogen-bond donors (Lipinski definition) is 2. The molecule has 3 aliphatic rings. The minimum atomic E-state index is -0.430. The Kier molecular flexibility index (Phi) is 4.84. The maximum Gasteiger partial charge on any atom is 0.255 e. The van der Waals surface area contributed by atoms with E-state index < -0.39 is 5.66 Å². The second kappa shape index (κ2) is 7.15. The molecule has 1 saturated carbocycles. The number of hydrogen-bond acceptors (Lipinski definition) is 4. The Morgan fingerprint density at radius 3 is 2.63 bits per heavy atom. The maximum atomic E-state index is 13.1. The molecule has 6 nitrogen and oxygen atoms in total. The first kappa shape index (κ1) is 18.3. The Bertz CT molecular complexity index is 725. The van der Waals surface area contributed by atoms with E-state index in [0.29, 0.717) is 30.6 Å². The summed E-state index contributed by atoms with van der Waals surface area (Å²) < 4.78 is 0. The third-order valence-corrected chi connectivity index (χ3v) is 6.55. The number of rotatable bonds is 2. The van der Waals surface area contributed by atoms with Gasteiger partial charge in [-0.3, -0.25) is 9.59 Å². The molecule has 2 N–H and O–H groups in total. The van der Waals surface area contributed by atoms with Crippen LogP contribution < -0.4 is 10.6 Å². The zero-order chi connectivity index (χ0) is 19.0. The lowest BCUT2D eigenvalue weighted by atomic mass is 9.83. The van der Waals surface area contributed by atoms with Crippen LogP contribution in [-0.4, -0.2) is 60.5 Å². The highest BCUT2D eigenvalue weighted by Gasteiger charge is 2.42. The first-order valence-electron chi connectivity index (χ1n) is 10.1. The van der Waals surface area contributed by atoms with E-state index in [1.807, 2.05) is 29.2 Å². The van der Waals surface area contributed by atoms with Crippen LogP contribution in [0.4, 0.5) is 5.69 Å². The molecule has 2 amide bonds. The van der Waals surface area contributed by atoms with E-state index in [0.717, 1.165) is 37.8 Å². The van der Waals surface area contributed by atoms with E-state index in [9.17, 15) is 9.59 Å². The number of carbonyl (C=O) groups excluding carboxylic acids is 2. The zero-order valence-electron chi connectivity index (χ0n) is 16.3. The highest BCUT2D eigenvalue weighted by Crippen LogP contribution is 2.33. The van der Waals surface area contributed by atoms with E-state index in [1.54, 1.807) is 0 Å². The van der Waals surface area contributed by atoms with Gasteiger partial charge in [-0.1, -0.05) is 18.6 Å². The molecule has 27 heavy (non-hydrogen) atoms. The number of benzene rings is 1. The number of nitrogens with zero attached hydrogens (tertiary/aromatic N) is 2. The number of amides is 2. The van der Waals surface area contributed by atoms with Crippen LogP contribution in [0.5, 0.6) is 0 Å². The predicted molar refractivity (Wildman–Crippen MR) is 106 cm³/mol. The molecule has 0 aromatic heterocycles. The lowest BCUT2D eigenvalue weighted by Crippen LogP contribution is -2.63. The van der Waals surface area contributed by atoms with E-state index in [2.05, 4.69) is 29.6 Å². The van der Waals surface area contributed by atoms with Gasteiger partial charge in [0.15, 0.2) is 0 Å². The number of likely N-dealkylation sites (tertiary alicyclic amines) is 1. The lowest BCUT2D eigenvalue weighted by Gasteiger charge is -2.46. The summed E-state index contributed by atoms with van der Waals surface area (Å²) in [5.41, 5.74) is 1.15. The number of para-hydroxylation sites is 1. The van der Waals surface area contributed by atoms with E-state index in [1.165, 1.54) is 6.42 Å². The summed E-state index contributed by atoms with van der Waals surface area (Å²) in [6, 6.07) is 8.13. The van der Waals surface area contributed by atoms with Crippen LogP contribution in [0.2, 0.25) is 0 Å². The fourth-order valence-corrected chi connectivity index (χ4v) is 4.84. The van der Waals surface area contributed by atoms with Gasteiger partial charge in [-0.15, -0.1) is 0 Å². The summed E-state index contributed by atoms with van der Waals surface area (Å²) in [7, 11) is 4.22. The number of fused-ring (bicyclic) bond motifs is 1. The molecule has 0 unspecified atom stereocenters. The first-order chi connectivity index (χ1) is 13.0. The second-order valence-corrected chi connectivity index (χ2v) is 8.51. The SMILES string of the molecule is CN(C)[C@@H]1CCC[C@H](C(=O)N2CCC3(CC2)NC(=O)c2ccccc2N3)C1. The van der Waals surface area contributed by atoms with E-state index >= 15 is 0 Å². The van der Waals surface area contributed by atoms with Gasteiger partial charge in [-0.05, 0) is 45.5 Å². The van der Waals surface area contributed by atoms with Gasteiger partial charge >= 0.3 is 0 Å². The summed E-state index contributed by atoms with van der Waals surface area (Å²) in [4.78, 5) is 29.8. The van der Waals surface area contributed by atoms with Crippen molar-refractivity contribution in [2.24, 2.45) is 5.92 Å². The van der Waals surface area contributed by atoms with Gasteiger partial charge in [0.05, 0.1) is 5.56 Å². The lowest BCUT2D eigenvalue weighted by molar-refractivity contribution is -0.138. The summed E-state index contributed by atoms with van der Waals surface area (Å²) in [5, 5.41) is 6.68. The zero-order valence-corrected chi connectivity index (χ0v) is 16.3. The molecule has 1 aromatic carbocycles. The number of nitrogens with one attached hydrogen (secondary N) is 2. The smallest absolute Gasteiger partial charge is 0.255 e. The molecular formula is C21H30N4O2. The van der Waals surface area contributed by atoms with Crippen molar-refractivity contribution in [3.63, 3.8) is 0 Å². The summed E-state index contributed by atoms with van der Waals surface area (Å²) in [5.74, 6) is 0.430. The Labute approximate surface area is 161 Å². The summed E-state index contributed by atoms with van der Waals surface area (Å²) in [6.07, 6.45) is 5.77. The van der Waals surface area contributed by atoms with Crippen LogP contribution in [0.15, 0.2) is 24.3 Å². The van der Waals surface area contributed by atoms with Crippen molar-refractivity contribution in [3.8, 4) is 0 Å². The molecule has 1 aliphatic carbocycles. The molecule has 2 fully saturated rings. The fourth-order valence-electron chi connectivity index (χ4n) is 4.84. The quantitative estimate of drug-likeness (QED) is 0.838. The molecular weight excluding hydrogens is 340 g/mol. The number of anilines is 1. The molecule has 1 spiro atoms. The third-order valence-electron chi connectivity index (χ3n) is 6.55. The van der Waals surface area contributed by atoms with Gasteiger partial charge in [0.25, 0.3) is 5.91 Å². The van der Waals surface area contributed by atoms with Gasteiger partial charge in [-0.2, -0.15) is 0 Å². The summed E-state index contributed by atoms with van der Waals surface area (Å²) in [6.45, 7) is 1.38. The Morgan fingerprint density at radius 1 is 1.15 bits per heavy atom. The number of piperidine rings is 1. The highest BCUT2D eigenvalue weighted by atomic mass is 16.2. The average Bonchev–Trinajstić information content (AvgIpc) is 2.68. The standard InChI is InChI=1S/C21H30N4O2/c1-24(2)16-7-5-6-15(14-16)20(27)25-12-10-21(11-13-25)22-18-9-4-3-8-17(18)19(26)23-21/h3-4,8-9,15-16,22H,5-7,10-14H2,1-2H3,(H,23,26)/t15-,16+/m0/s1. The van der Waals surface area contributed by atoms with Gasteiger partial charge in [0.1, 0.15) is 5.66 Å². The minimum Gasteiger partial charge on any atom is -0.362 e. The van der Waals surface area contributed by atoms with E-state index in [4.69, 9.17) is 0 Å². The molecule has 0 radical (unpaired) electrons. The van der Waals surface area contributed by atoms with Crippen LogP contribution in [0.25, 0.3) is 0 Å². The Hall–Kier alpha value is -2.08. The molecule has 1 saturated heterocycles. The van der Waals surface area contributed by atoms with E-state index in [-0.39, 0.29) is 11.8 Å². The molecule has 146 valence electrons. The largest absolute Gasteiger partial charge is 0.362 e. The Morgan fingerprint density at radius 2 is 1.89 bits per heavy atom. The van der Waals surface area contributed by atoms with Gasteiger partial charge in [-0.25, -0.2) is 0 Å². The Balaban J connectivity index is 1.39. The monoisotopic (exact) mass is 370 g/mol. The third kappa shape index (κ3) is 3.55. The second-order valence-electron chi connectivity index (χ2n) is 8.51. The molecule has 6 heteroatoms. The van der Waals surface area contributed by atoms with Gasteiger partial charge in [0, 0.05) is 43.6 Å². The fraction of sp³-hybridized carbons (Fsp3) is 0.619. The highest BCUT2D eigenvalue weighted by molar-refractivity contribution is 6.02. The van der Waals surface area contributed by atoms with Crippen molar-refractivity contribution in [3.05, 3.63) is 29.8 Å². The van der Waals surface area contributed by atoms with Crippen molar-refractivity contribution in [2.45, 2.75) is 50.2 Å². The van der Waals surface area contributed by atoms with Gasteiger partial charge in [0.2, 0.25) is 5.91 Å². The molecule has 2 aliphatic heterocycles. The molecule has 2 atom stereocenters. The van der Waals surface area contributed by atoms with Crippen LogP contribution in [0.3, 0.4) is 0 Å². The van der Waals surface area contributed by atoms with Crippen LogP contribution >= 0.6 is 0 Å². The van der Waals surface area contributed by atoms with Crippen LogP contribution in [0.1, 0.15) is 48.9 Å². The predicted octanol–water partition coefficient (Wildman–Crippen LogP) is 2.28. The van der Waals surface area contributed by atoms with Gasteiger partial charge < -0.3 is 20.4 Å². The van der Waals surface area contributed by atoms with Crippen molar-refractivity contribution in [2.75, 3.05) is 32.5 Å². The molecule has 2 heterocycles. The van der Waals surface area contributed by atoms with Crippen molar-refractivity contribution < 1.29 is 9.59 Å². The molecule has 4 rings (SSSR count). The summed E-state index contributed by atoms with van der Waals surface area (Å²) >= 11 is 0. The number of carbonyl (C=O) groups is 2. The van der Waals surface area contributed by atoms with Crippen LogP contribution in [0, 0.1) is 5.92 Å². The first-order valence-corrected chi connectivity index (χ1v) is 10.1. The topological polar surface area (TPSA) is 64.7 Å².